The average molecular weight is 261 g/mol. The average Bonchev–Trinajstić information content (AvgIpc) is 3.21. The molecule has 0 bridgehead atoms. The summed E-state index contributed by atoms with van der Waals surface area (Å²) < 4.78 is 0. The summed E-state index contributed by atoms with van der Waals surface area (Å²) in [5.74, 6) is -0.0315. The predicted molar refractivity (Wildman–Crippen MR) is 79.5 cm³/mol. The Morgan fingerprint density at radius 1 is 1.42 bits per heavy atom. The summed E-state index contributed by atoms with van der Waals surface area (Å²) in [6.07, 6.45) is 3.54. The smallest absolute Gasteiger partial charge is 0.251 e. The predicted octanol–water partition coefficient (Wildman–Crippen LogP) is 2.40. The van der Waals surface area contributed by atoms with Gasteiger partial charge in [-0.1, -0.05) is 6.92 Å². The molecule has 3 N–H and O–H groups in total. The maximum absolute atomic E-state index is 11.9. The molecule has 0 aliphatic heterocycles. The van der Waals surface area contributed by atoms with E-state index >= 15 is 0 Å². The Balaban J connectivity index is 2.27. The Morgan fingerprint density at radius 3 is 2.74 bits per heavy atom. The molecular formula is C15H23N3O. The minimum Gasteiger partial charge on any atom is -0.397 e. The molecule has 1 aromatic carbocycles. The molecule has 1 aliphatic rings. The maximum Gasteiger partial charge on any atom is 0.251 e. The van der Waals surface area contributed by atoms with Crippen LogP contribution in [0.15, 0.2) is 18.2 Å². The van der Waals surface area contributed by atoms with Crippen LogP contribution in [0.2, 0.25) is 0 Å². The minimum absolute atomic E-state index is 0.0315. The molecule has 4 heteroatoms. The number of amides is 1. The van der Waals surface area contributed by atoms with Crippen LogP contribution in [0.5, 0.6) is 0 Å². The van der Waals surface area contributed by atoms with Crippen LogP contribution in [0.3, 0.4) is 0 Å². The van der Waals surface area contributed by atoms with E-state index in [9.17, 15) is 4.79 Å². The van der Waals surface area contributed by atoms with E-state index in [1.807, 2.05) is 19.1 Å². The lowest BCUT2D eigenvalue weighted by Crippen LogP contribution is -2.28. The second kappa shape index (κ2) is 5.95. The van der Waals surface area contributed by atoms with E-state index in [4.69, 9.17) is 5.73 Å². The highest BCUT2D eigenvalue weighted by molar-refractivity contribution is 5.96. The van der Waals surface area contributed by atoms with Crippen molar-refractivity contribution in [1.82, 2.24) is 5.32 Å². The Kier molecular flexibility index (Phi) is 4.30. The van der Waals surface area contributed by atoms with E-state index < -0.39 is 0 Å². The largest absolute Gasteiger partial charge is 0.397 e. The first kappa shape index (κ1) is 13.7. The summed E-state index contributed by atoms with van der Waals surface area (Å²) in [4.78, 5) is 14.2. The van der Waals surface area contributed by atoms with Gasteiger partial charge >= 0.3 is 0 Å². The van der Waals surface area contributed by atoms with Gasteiger partial charge in [-0.2, -0.15) is 0 Å². The van der Waals surface area contributed by atoms with Crippen LogP contribution >= 0.6 is 0 Å². The number of carbonyl (C=O) groups excluding carboxylic acids is 1. The molecule has 0 saturated heterocycles. The Bertz CT molecular complexity index is 455. The number of hydrogen-bond donors (Lipinski definition) is 2. The van der Waals surface area contributed by atoms with Crippen LogP contribution in [0, 0.1) is 0 Å². The van der Waals surface area contributed by atoms with Crippen molar-refractivity contribution in [3.8, 4) is 0 Å². The van der Waals surface area contributed by atoms with Crippen molar-refractivity contribution in [2.45, 2.75) is 39.2 Å². The molecule has 0 atom stereocenters. The highest BCUT2D eigenvalue weighted by atomic mass is 16.1. The van der Waals surface area contributed by atoms with Crippen molar-refractivity contribution in [2.75, 3.05) is 23.7 Å². The molecule has 104 valence electrons. The molecule has 4 nitrogen and oxygen atoms in total. The summed E-state index contributed by atoms with van der Waals surface area (Å²) in [5, 5.41) is 2.83. The highest BCUT2D eigenvalue weighted by Crippen LogP contribution is 2.35. The summed E-state index contributed by atoms with van der Waals surface area (Å²) in [6.45, 7) is 5.72. The molecule has 1 aromatic rings. The SMILES string of the molecule is CCCN(c1cc(C(=O)NCC)ccc1N)C1CC1. The van der Waals surface area contributed by atoms with Crippen LogP contribution in [-0.4, -0.2) is 25.0 Å². The highest BCUT2D eigenvalue weighted by Gasteiger charge is 2.29. The molecule has 1 aliphatic carbocycles. The van der Waals surface area contributed by atoms with Gasteiger partial charge in [0.25, 0.3) is 5.91 Å². The van der Waals surface area contributed by atoms with Crippen LogP contribution in [0.1, 0.15) is 43.5 Å². The second-order valence-electron chi connectivity index (χ2n) is 5.06. The zero-order valence-electron chi connectivity index (χ0n) is 11.8. The fourth-order valence-corrected chi connectivity index (χ4v) is 2.32. The molecule has 19 heavy (non-hydrogen) atoms. The molecule has 1 amide bonds. The third-order valence-electron chi connectivity index (χ3n) is 3.39. The molecular weight excluding hydrogens is 238 g/mol. The Hall–Kier alpha value is -1.71. The third kappa shape index (κ3) is 3.19. The van der Waals surface area contributed by atoms with E-state index in [0.717, 1.165) is 24.3 Å². The van der Waals surface area contributed by atoms with Crippen molar-refractivity contribution in [1.29, 1.82) is 0 Å². The van der Waals surface area contributed by atoms with Gasteiger partial charge < -0.3 is 16.0 Å². The number of benzene rings is 1. The van der Waals surface area contributed by atoms with Gasteiger partial charge in [0.1, 0.15) is 0 Å². The number of carbonyl (C=O) groups is 1. The van der Waals surface area contributed by atoms with Gasteiger partial charge in [0.2, 0.25) is 0 Å². The van der Waals surface area contributed by atoms with E-state index in [2.05, 4.69) is 17.1 Å². The summed E-state index contributed by atoms with van der Waals surface area (Å²) in [5.41, 5.74) is 8.54. The molecule has 1 fully saturated rings. The second-order valence-corrected chi connectivity index (χ2v) is 5.06. The van der Waals surface area contributed by atoms with Crippen molar-refractivity contribution in [2.24, 2.45) is 0 Å². The normalized spacial score (nSPS) is 14.2. The molecule has 1 saturated carbocycles. The zero-order chi connectivity index (χ0) is 13.8. The topological polar surface area (TPSA) is 58.4 Å². The van der Waals surface area contributed by atoms with Gasteiger partial charge in [0.15, 0.2) is 0 Å². The standard InChI is InChI=1S/C15H23N3O/c1-3-9-18(12-6-7-12)14-10-11(5-8-13(14)16)15(19)17-4-2/h5,8,10,12H,3-4,6-7,9,16H2,1-2H3,(H,17,19). The number of nitrogens with one attached hydrogen (secondary N) is 1. The number of rotatable bonds is 6. The molecule has 0 heterocycles. The van der Waals surface area contributed by atoms with Crippen LogP contribution in [0.4, 0.5) is 11.4 Å². The van der Waals surface area contributed by atoms with Crippen molar-refractivity contribution >= 4 is 17.3 Å². The summed E-state index contributed by atoms with van der Waals surface area (Å²) >= 11 is 0. The number of nitrogens with two attached hydrogens (primary N) is 1. The van der Waals surface area contributed by atoms with Gasteiger partial charge in [-0.15, -0.1) is 0 Å². The monoisotopic (exact) mass is 261 g/mol. The maximum atomic E-state index is 11.9. The fourth-order valence-electron chi connectivity index (χ4n) is 2.32. The van der Waals surface area contributed by atoms with E-state index in [-0.39, 0.29) is 5.91 Å². The van der Waals surface area contributed by atoms with Gasteiger partial charge in [-0.3, -0.25) is 4.79 Å². The number of hydrogen-bond acceptors (Lipinski definition) is 3. The lowest BCUT2D eigenvalue weighted by Gasteiger charge is -2.26. The lowest BCUT2D eigenvalue weighted by atomic mass is 10.1. The van der Waals surface area contributed by atoms with Gasteiger partial charge in [-0.05, 0) is 44.4 Å². The summed E-state index contributed by atoms with van der Waals surface area (Å²) in [6, 6.07) is 6.16. The van der Waals surface area contributed by atoms with Crippen LogP contribution < -0.4 is 16.0 Å². The molecule has 2 rings (SSSR count). The molecule has 0 radical (unpaired) electrons. The van der Waals surface area contributed by atoms with Crippen molar-refractivity contribution in [3.05, 3.63) is 23.8 Å². The minimum atomic E-state index is -0.0315. The van der Waals surface area contributed by atoms with Crippen LogP contribution in [0.25, 0.3) is 0 Å². The Morgan fingerprint density at radius 2 is 2.16 bits per heavy atom. The van der Waals surface area contributed by atoms with Gasteiger partial charge in [0, 0.05) is 24.7 Å². The molecule has 0 spiro atoms. The summed E-state index contributed by atoms with van der Waals surface area (Å²) in [7, 11) is 0. The van der Waals surface area contributed by atoms with Crippen molar-refractivity contribution < 1.29 is 4.79 Å². The first-order valence-electron chi connectivity index (χ1n) is 7.11. The van der Waals surface area contributed by atoms with Crippen molar-refractivity contribution in [3.63, 3.8) is 0 Å². The number of nitrogen functional groups attached to an aromatic ring is 1. The first-order valence-corrected chi connectivity index (χ1v) is 7.11. The lowest BCUT2D eigenvalue weighted by molar-refractivity contribution is 0.0956. The van der Waals surface area contributed by atoms with Crippen LogP contribution in [-0.2, 0) is 0 Å². The van der Waals surface area contributed by atoms with E-state index in [0.29, 0.717) is 18.2 Å². The number of anilines is 2. The molecule has 0 aromatic heterocycles. The Labute approximate surface area is 115 Å². The number of nitrogens with zero attached hydrogens (tertiary/aromatic N) is 1. The van der Waals surface area contributed by atoms with E-state index in [1.165, 1.54) is 12.8 Å². The van der Waals surface area contributed by atoms with Gasteiger partial charge in [0.05, 0.1) is 11.4 Å². The molecule has 0 unspecified atom stereocenters. The zero-order valence-corrected chi connectivity index (χ0v) is 11.8. The van der Waals surface area contributed by atoms with E-state index in [1.54, 1.807) is 6.07 Å². The first-order chi connectivity index (χ1) is 9.17. The third-order valence-corrected chi connectivity index (χ3v) is 3.39. The quantitative estimate of drug-likeness (QED) is 0.773. The van der Waals surface area contributed by atoms with Gasteiger partial charge in [-0.25, -0.2) is 0 Å². The fraction of sp³-hybridized carbons (Fsp3) is 0.533.